The van der Waals surface area contributed by atoms with Crippen LogP contribution < -0.4 is 5.32 Å². The van der Waals surface area contributed by atoms with E-state index >= 15 is 0 Å². The van der Waals surface area contributed by atoms with Gasteiger partial charge in [0.2, 0.25) is 0 Å². The van der Waals surface area contributed by atoms with Crippen LogP contribution in [0.2, 0.25) is 10.0 Å². The standard InChI is InChI=1S/C13H15Cl2N3O/c1-8(2)18-7-11(6-17-18)16-5-9-3-10(14)4-12(15)13(9)19/h3-4,6-8,16,19H,5H2,1-2H3. The zero-order valence-electron chi connectivity index (χ0n) is 10.7. The first-order valence-electron chi connectivity index (χ1n) is 5.92. The number of nitrogens with one attached hydrogen (secondary N) is 1. The highest BCUT2D eigenvalue weighted by atomic mass is 35.5. The highest BCUT2D eigenvalue weighted by Crippen LogP contribution is 2.31. The van der Waals surface area contributed by atoms with Gasteiger partial charge >= 0.3 is 0 Å². The largest absolute Gasteiger partial charge is 0.506 e. The number of anilines is 1. The summed E-state index contributed by atoms with van der Waals surface area (Å²) in [6.07, 6.45) is 3.65. The molecule has 2 N–H and O–H groups in total. The number of hydrogen-bond donors (Lipinski definition) is 2. The molecule has 0 saturated carbocycles. The van der Waals surface area contributed by atoms with Gasteiger partial charge in [-0.25, -0.2) is 0 Å². The van der Waals surface area contributed by atoms with Crippen LogP contribution >= 0.6 is 23.2 Å². The Balaban J connectivity index is 2.10. The SMILES string of the molecule is CC(C)n1cc(NCc2cc(Cl)cc(Cl)c2O)cn1. The van der Waals surface area contributed by atoms with Gasteiger partial charge in [-0.2, -0.15) is 5.10 Å². The smallest absolute Gasteiger partial charge is 0.139 e. The van der Waals surface area contributed by atoms with Crippen LogP contribution in [0, 0.1) is 0 Å². The van der Waals surface area contributed by atoms with Crippen LogP contribution in [0.15, 0.2) is 24.5 Å². The number of phenolic OH excluding ortho intramolecular Hbond substituents is 1. The Hall–Kier alpha value is -1.39. The molecular weight excluding hydrogens is 285 g/mol. The normalized spacial score (nSPS) is 11.0. The molecule has 19 heavy (non-hydrogen) atoms. The summed E-state index contributed by atoms with van der Waals surface area (Å²) in [6.45, 7) is 4.54. The molecule has 0 saturated heterocycles. The summed E-state index contributed by atoms with van der Waals surface area (Å²) in [5, 5.41) is 18.0. The van der Waals surface area contributed by atoms with Gasteiger partial charge in [-0.15, -0.1) is 0 Å². The maximum Gasteiger partial charge on any atom is 0.139 e. The molecule has 0 atom stereocenters. The second-order valence-electron chi connectivity index (χ2n) is 4.55. The highest BCUT2D eigenvalue weighted by Gasteiger charge is 2.08. The third kappa shape index (κ3) is 3.33. The number of aromatic nitrogens is 2. The van der Waals surface area contributed by atoms with Crippen LogP contribution in [0.3, 0.4) is 0 Å². The minimum absolute atomic E-state index is 0.0508. The molecule has 0 radical (unpaired) electrons. The average molecular weight is 300 g/mol. The van der Waals surface area contributed by atoms with Crippen molar-refractivity contribution in [1.82, 2.24) is 9.78 Å². The first-order chi connectivity index (χ1) is 8.97. The Labute approximate surface area is 122 Å². The number of benzene rings is 1. The lowest BCUT2D eigenvalue weighted by atomic mass is 10.2. The quantitative estimate of drug-likeness (QED) is 0.894. The fourth-order valence-corrected chi connectivity index (χ4v) is 2.20. The molecule has 2 rings (SSSR count). The summed E-state index contributed by atoms with van der Waals surface area (Å²) in [5.41, 5.74) is 1.53. The summed E-state index contributed by atoms with van der Waals surface area (Å²) in [4.78, 5) is 0. The van der Waals surface area contributed by atoms with E-state index in [9.17, 15) is 5.11 Å². The molecular formula is C13H15Cl2N3O. The van der Waals surface area contributed by atoms with Crippen molar-refractivity contribution in [1.29, 1.82) is 0 Å². The van der Waals surface area contributed by atoms with E-state index in [2.05, 4.69) is 24.3 Å². The molecule has 1 aromatic heterocycles. The van der Waals surface area contributed by atoms with E-state index in [-0.39, 0.29) is 10.8 Å². The van der Waals surface area contributed by atoms with Crippen LogP contribution in [-0.4, -0.2) is 14.9 Å². The Morgan fingerprint density at radius 3 is 2.74 bits per heavy atom. The molecule has 0 bridgehead atoms. The van der Waals surface area contributed by atoms with Gasteiger partial charge in [0.25, 0.3) is 0 Å². The second kappa shape index (κ2) is 5.72. The molecule has 0 unspecified atom stereocenters. The minimum Gasteiger partial charge on any atom is -0.506 e. The average Bonchev–Trinajstić information content (AvgIpc) is 2.81. The lowest BCUT2D eigenvalue weighted by Crippen LogP contribution is -2.01. The van der Waals surface area contributed by atoms with Gasteiger partial charge in [-0.3, -0.25) is 4.68 Å². The van der Waals surface area contributed by atoms with Crippen LogP contribution in [0.1, 0.15) is 25.5 Å². The van der Waals surface area contributed by atoms with Gasteiger partial charge in [0.1, 0.15) is 5.75 Å². The summed E-state index contributed by atoms with van der Waals surface area (Å²) in [6, 6.07) is 3.51. The van der Waals surface area contributed by atoms with Crippen molar-refractivity contribution in [2.75, 3.05) is 5.32 Å². The number of nitrogens with zero attached hydrogens (tertiary/aromatic N) is 2. The van der Waals surface area contributed by atoms with Gasteiger partial charge in [0, 0.05) is 29.4 Å². The molecule has 0 aliphatic rings. The van der Waals surface area contributed by atoms with E-state index in [1.54, 1.807) is 12.3 Å². The number of phenols is 1. The monoisotopic (exact) mass is 299 g/mol. The number of hydrogen-bond acceptors (Lipinski definition) is 3. The molecule has 0 amide bonds. The van der Waals surface area contributed by atoms with E-state index in [0.717, 1.165) is 5.69 Å². The molecule has 0 aliphatic heterocycles. The maximum atomic E-state index is 9.84. The Morgan fingerprint density at radius 1 is 1.37 bits per heavy atom. The molecule has 0 spiro atoms. The Morgan fingerprint density at radius 2 is 2.11 bits per heavy atom. The number of halogens is 2. The van der Waals surface area contributed by atoms with Crippen molar-refractivity contribution in [3.05, 3.63) is 40.1 Å². The van der Waals surface area contributed by atoms with Crippen LogP contribution in [0.25, 0.3) is 0 Å². The third-order valence-corrected chi connectivity index (χ3v) is 3.23. The van der Waals surface area contributed by atoms with E-state index in [1.165, 1.54) is 6.07 Å². The lowest BCUT2D eigenvalue weighted by Gasteiger charge is -2.08. The topological polar surface area (TPSA) is 50.1 Å². The van der Waals surface area contributed by atoms with Gasteiger partial charge in [0.15, 0.2) is 0 Å². The van der Waals surface area contributed by atoms with E-state index in [4.69, 9.17) is 23.2 Å². The molecule has 6 heteroatoms. The zero-order chi connectivity index (χ0) is 14.0. The molecule has 1 aromatic carbocycles. The van der Waals surface area contributed by atoms with Crippen molar-refractivity contribution >= 4 is 28.9 Å². The van der Waals surface area contributed by atoms with Gasteiger partial charge in [0.05, 0.1) is 16.9 Å². The molecule has 0 aliphatic carbocycles. The van der Waals surface area contributed by atoms with Crippen LogP contribution in [0.4, 0.5) is 5.69 Å². The van der Waals surface area contributed by atoms with Crippen molar-refractivity contribution in [2.24, 2.45) is 0 Å². The highest BCUT2D eigenvalue weighted by molar-refractivity contribution is 6.35. The van der Waals surface area contributed by atoms with Crippen molar-refractivity contribution in [2.45, 2.75) is 26.4 Å². The maximum absolute atomic E-state index is 9.84. The predicted molar refractivity (Wildman–Crippen MR) is 78.1 cm³/mol. The van der Waals surface area contributed by atoms with Crippen molar-refractivity contribution < 1.29 is 5.11 Å². The van der Waals surface area contributed by atoms with Crippen LogP contribution in [-0.2, 0) is 6.54 Å². The summed E-state index contributed by atoms with van der Waals surface area (Å²) < 4.78 is 1.85. The van der Waals surface area contributed by atoms with Crippen molar-refractivity contribution in [3.8, 4) is 5.75 Å². The predicted octanol–water partition coefficient (Wildman–Crippen LogP) is 4.09. The number of rotatable bonds is 4. The molecule has 4 nitrogen and oxygen atoms in total. The van der Waals surface area contributed by atoms with Crippen LogP contribution in [0.5, 0.6) is 5.75 Å². The first kappa shape index (κ1) is 14.0. The lowest BCUT2D eigenvalue weighted by molar-refractivity contribution is 0.469. The Kier molecular flexibility index (Phi) is 4.22. The number of aromatic hydroxyl groups is 1. The van der Waals surface area contributed by atoms with Gasteiger partial charge in [-0.1, -0.05) is 23.2 Å². The Bertz CT molecular complexity index is 581. The fraction of sp³-hybridized carbons (Fsp3) is 0.308. The molecule has 2 aromatic rings. The fourth-order valence-electron chi connectivity index (χ4n) is 1.66. The molecule has 1 heterocycles. The van der Waals surface area contributed by atoms with Gasteiger partial charge < -0.3 is 10.4 Å². The minimum atomic E-state index is 0.0508. The molecule has 0 fully saturated rings. The first-order valence-corrected chi connectivity index (χ1v) is 6.68. The van der Waals surface area contributed by atoms with Crippen molar-refractivity contribution in [3.63, 3.8) is 0 Å². The van der Waals surface area contributed by atoms with Gasteiger partial charge in [-0.05, 0) is 26.0 Å². The summed E-state index contributed by atoms with van der Waals surface area (Å²) in [7, 11) is 0. The van der Waals surface area contributed by atoms with E-state index in [0.29, 0.717) is 23.2 Å². The summed E-state index contributed by atoms with van der Waals surface area (Å²) in [5.74, 6) is 0.0508. The summed E-state index contributed by atoms with van der Waals surface area (Å²) >= 11 is 11.8. The van der Waals surface area contributed by atoms with E-state index < -0.39 is 0 Å². The second-order valence-corrected chi connectivity index (χ2v) is 5.40. The van der Waals surface area contributed by atoms with E-state index in [1.807, 2.05) is 10.9 Å². The zero-order valence-corrected chi connectivity index (χ0v) is 12.2. The molecule has 102 valence electrons. The third-order valence-electron chi connectivity index (χ3n) is 2.72.